The molecule has 0 aromatic carbocycles. The number of nitrogens with one attached hydrogen (secondary N) is 1. The highest BCUT2D eigenvalue weighted by atomic mass is 79.9. The van der Waals surface area contributed by atoms with Crippen molar-refractivity contribution in [1.82, 2.24) is 9.88 Å². The summed E-state index contributed by atoms with van der Waals surface area (Å²) in [4.78, 5) is 23.1. The Morgan fingerprint density at radius 3 is 2.77 bits per heavy atom. The van der Waals surface area contributed by atoms with Crippen LogP contribution in [0, 0.1) is 0 Å². The molecule has 7 heteroatoms. The van der Waals surface area contributed by atoms with E-state index in [1.54, 1.807) is 13.2 Å². The van der Waals surface area contributed by atoms with Gasteiger partial charge in [0.25, 0.3) is 5.56 Å². The number of pyridine rings is 1. The minimum Gasteiger partial charge on any atom is -0.489 e. The average Bonchev–Trinajstić information content (AvgIpc) is 2.47. The predicted molar refractivity (Wildman–Crippen MR) is 85.9 cm³/mol. The first-order chi connectivity index (χ1) is 10.5. The second kappa shape index (κ2) is 7.78. The van der Waals surface area contributed by atoms with Gasteiger partial charge >= 0.3 is 0 Å². The zero-order valence-corrected chi connectivity index (χ0v) is 14.1. The Morgan fingerprint density at radius 1 is 1.45 bits per heavy atom. The number of ether oxygens (including phenoxy) is 1. The molecule has 1 heterocycles. The summed E-state index contributed by atoms with van der Waals surface area (Å²) in [6, 6.07) is 1.63. The molecule has 2 rings (SSSR count). The maximum absolute atomic E-state index is 11.7. The highest BCUT2D eigenvalue weighted by Gasteiger charge is 2.24. The Bertz CT molecular complexity index is 579. The summed E-state index contributed by atoms with van der Waals surface area (Å²) in [6.07, 6.45) is 5.22. The summed E-state index contributed by atoms with van der Waals surface area (Å²) in [5.74, 6) is 0.456. The number of hydrogen-bond donors (Lipinski definition) is 2. The van der Waals surface area contributed by atoms with Gasteiger partial charge in [-0.2, -0.15) is 0 Å². The van der Waals surface area contributed by atoms with E-state index in [4.69, 9.17) is 9.84 Å². The number of aliphatic hydroxyl groups is 1. The Labute approximate surface area is 137 Å². The van der Waals surface area contributed by atoms with Crippen molar-refractivity contribution in [2.24, 2.45) is 7.05 Å². The van der Waals surface area contributed by atoms with Gasteiger partial charge in [0.1, 0.15) is 5.75 Å². The molecule has 0 saturated heterocycles. The second-order valence-electron chi connectivity index (χ2n) is 5.57. The van der Waals surface area contributed by atoms with Gasteiger partial charge in [-0.15, -0.1) is 0 Å². The maximum atomic E-state index is 11.7. The molecular formula is C15H21BrN2O4. The Morgan fingerprint density at radius 2 is 2.14 bits per heavy atom. The van der Waals surface area contributed by atoms with Crippen molar-refractivity contribution < 1.29 is 14.6 Å². The maximum Gasteiger partial charge on any atom is 0.254 e. The highest BCUT2D eigenvalue weighted by Crippen LogP contribution is 2.28. The third kappa shape index (κ3) is 4.58. The molecule has 1 fully saturated rings. The fourth-order valence-corrected chi connectivity index (χ4v) is 3.09. The largest absolute Gasteiger partial charge is 0.489 e. The Balaban J connectivity index is 1.86. The van der Waals surface area contributed by atoms with Crippen molar-refractivity contribution in [3.8, 4) is 5.75 Å². The van der Waals surface area contributed by atoms with Crippen LogP contribution in [0.3, 0.4) is 0 Å². The first-order valence-electron chi connectivity index (χ1n) is 7.42. The van der Waals surface area contributed by atoms with Crippen LogP contribution >= 0.6 is 15.9 Å². The molecule has 1 aliphatic carbocycles. The second-order valence-corrected chi connectivity index (χ2v) is 6.42. The number of rotatable bonds is 5. The van der Waals surface area contributed by atoms with Crippen LogP contribution in [0.4, 0.5) is 0 Å². The van der Waals surface area contributed by atoms with Gasteiger partial charge in [-0.05, 0) is 41.6 Å². The zero-order valence-electron chi connectivity index (χ0n) is 12.5. The van der Waals surface area contributed by atoms with E-state index in [1.165, 1.54) is 10.6 Å². The first kappa shape index (κ1) is 17.0. The smallest absolute Gasteiger partial charge is 0.254 e. The normalized spacial score (nSPS) is 21.4. The molecule has 6 nitrogen and oxygen atoms in total. The molecule has 0 bridgehead atoms. The molecule has 0 spiro atoms. The summed E-state index contributed by atoms with van der Waals surface area (Å²) in [5.41, 5.74) is -0.108. The Hall–Kier alpha value is -1.34. The number of carbonyl (C=O) groups excluding carboxylic acids is 1. The van der Waals surface area contributed by atoms with Gasteiger partial charge in [-0.1, -0.05) is 0 Å². The van der Waals surface area contributed by atoms with Gasteiger partial charge in [0, 0.05) is 31.8 Å². The monoisotopic (exact) mass is 372 g/mol. The topological polar surface area (TPSA) is 80.6 Å². The molecule has 1 amide bonds. The average molecular weight is 373 g/mol. The quantitative estimate of drug-likeness (QED) is 0.816. The fraction of sp³-hybridized carbons (Fsp3) is 0.600. The van der Waals surface area contributed by atoms with Crippen molar-refractivity contribution in [1.29, 1.82) is 0 Å². The summed E-state index contributed by atoms with van der Waals surface area (Å²) >= 11 is 3.40. The van der Waals surface area contributed by atoms with Crippen LogP contribution in [0.15, 0.2) is 21.5 Å². The van der Waals surface area contributed by atoms with Crippen LogP contribution in [0.25, 0.3) is 0 Å². The summed E-state index contributed by atoms with van der Waals surface area (Å²) in [7, 11) is 1.69. The molecule has 2 N–H and O–H groups in total. The van der Waals surface area contributed by atoms with E-state index < -0.39 is 0 Å². The number of hydrogen-bond acceptors (Lipinski definition) is 4. The summed E-state index contributed by atoms with van der Waals surface area (Å²) in [6.45, 7) is -0.124. The first-order valence-corrected chi connectivity index (χ1v) is 8.22. The molecule has 0 radical (unpaired) electrons. The van der Waals surface area contributed by atoms with Crippen molar-refractivity contribution in [2.75, 3.05) is 6.61 Å². The third-order valence-electron chi connectivity index (χ3n) is 3.82. The molecule has 0 unspecified atom stereocenters. The van der Waals surface area contributed by atoms with Crippen molar-refractivity contribution in [3.63, 3.8) is 0 Å². The number of amides is 1. The van der Waals surface area contributed by atoms with Crippen LogP contribution in [0.2, 0.25) is 0 Å². The standard InChI is InChI=1S/C15H21BrN2O4/c1-18-9-12(16)13(8-15(18)21)22-11-4-2-10(3-5-11)17-14(20)6-7-19/h8-11,19H,2-7H2,1H3,(H,17,20). The lowest BCUT2D eigenvalue weighted by Gasteiger charge is -2.29. The van der Waals surface area contributed by atoms with Gasteiger partial charge in [0.05, 0.1) is 17.2 Å². The lowest BCUT2D eigenvalue weighted by molar-refractivity contribution is -0.122. The van der Waals surface area contributed by atoms with E-state index in [2.05, 4.69) is 21.2 Å². The lowest BCUT2D eigenvalue weighted by Crippen LogP contribution is -2.40. The lowest BCUT2D eigenvalue weighted by atomic mass is 9.93. The van der Waals surface area contributed by atoms with Gasteiger partial charge in [-0.3, -0.25) is 9.59 Å². The number of halogens is 1. The number of aromatic nitrogens is 1. The van der Waals surface area contributed by atoms with E-state index in [1.807, 2.05) is 0 Å². The molecule has 1 saturated carbocycles. The van der Waals surface area contributed by atoms with Crippen molar-refractivity contribution >= 4 is 21.8 Å². The SMILES string of the molecule is Cn1cc(Br)c(OC2CCC(NC(=O)CCO)CC2)cc1=O. The van der Waals surface area contributed by atoms with Crippen molar-refractivity contribution in [3.05, 3.63) is 27.1 Å². The number of nitrogens with zero attached hydrogens (tertiary/aromatic N) is 1. The van der Waals surface area contributed by atoms with E-state index in [0.717, 1.165) is 30.2 Å². The molecule has 122 valence electrons. The predicted octanol–water partition coefficient (Wildman–Crippen LogP) is 1.34. The molecule has 22 heavy (non-hydrogen) atoms. The van der Waals surface area contributed by atoms with Crippen LogP contribution in [-0.4, -0.2) is 34.3 Å². The fourth-order valence-electron chi connectivity index (χ4n) is 2.58. The van der Waals surface area contributed by atoms with Crippen LogP contribution in [0.5, 0.6) is 5.75 Å². The minimum absolute atomic E-state index is 0.0504. The molecule has 1 aliphatic rings. The van der Waals surface area contributed by atoms with Crippen LogP contribution < -0.4 is 15.6 Å². The summed E-state index contributed by atoms with van der Waals surface area (Å²) in [5, 5.41) is 11.6. The van der Waals surface area contributed by atoms with E-state index >= 15 is 0 Å². The molecule has 0 atom stereocenters. The number of aryl methyl sites for hydroxylation is 1. The van der Waals surface area contributed by atoms with Gasteiger partial charge in [0.15, 0.2) is 0 Å². The number of carbonyl (C=O) groups is 1. The van der Waals surface area contributed by atoms with Gasteiger partial charge in [0.2, 0.25) is 5.91 Å². The van der Waals surface area contributed by atoms with E-state index in [0.29, 0.717) is 5.75 Å². The molecule has 1 aromatic heterocycles. The Kier molecular flexibility index (Phi) is 6.02. The van der Waals surface area contributed by atoms with Crippen LogP contribution in [-0.2, 0) is 11.8 Å². The van der Waals surface area contributed by atoms with E-state index in [9.17, 15) is 9.59 Å². The summed E-state index contributed by atoms with van der Waals surface area (Å²) < 4.78 is 8.16. The highest BCUT2D eigenvalue weighted by molar-refractivity contribution is 9.10. The van der Waals surface area contributed by atoms with Gasteiger partial charge < -0.3 is 19.7 Å². The van der Waals surface area contributed by atoms with Gasteiger partial charge in [-0.25, -0.2) is 0 Å². The van der Waals surface area contributed by atoms with Crippen LogP contribution in [0.1, 0.15) is 32.1 Å². The zero-order chi connectivity index (χ0) is 16.1. The number of aliphatic hydroxyl groups excluding tert-OH is 1. The minimum atomic E-state index is -0.124. The van der Waals surface area contributed by atoms with Crippen molar-refractivity contribution in [2.45, 2.75) is 44.2 Å². The molecular weight excluding hydrogens is 352 g/mol. The van der Waals surface area contributed by atoms with E-state index in [-0.39, 0.29) is 36.6 Å². The molecule has 1 aromatic rings. The molecule has 0 aliphatic heterocycles. The third-order valence-corrected chi connectivity index (χ3v) is 4.41.